The fraction of sp³-hybridized carbons (Fsp3) is 0.562. The molecular formula is C16H24N4O5S. The summed E-state index contributed by atoms with van der Waals surface area (Å²) in [6, 6.07) is 3.99. The first-order valence-corrected chi connectivity index (χ1v) is 10.0. The number of ether oxygens (including phenoxy) is 2. The minimum atomic E-state index is -3.67. The van der Waals surface area contributed by atoms with Gasteiger partial charge in [0.2, 0.25) is 22.7 Å². The maximum Gasteiger partial charge on any atom is 0.238 e. The molecule has 1 amide bonds. The Morgan fingerprint density at radius 1 is 1.23 bits per heavy atom. The number of rotatable bonds is 6. The van der Waals surface area contributed by atoms with Crippen LogP contribution >= 0.6 is 0 Å². The Labute approximate surface area is 152 Å². The van der Waals surface area contributed by atoms with Crippen LogP contribution in [0.4, 0.5) is 0 Å². The Morgan fingerprint density at radius 2 is 1.88 bits per heavy atom. The third-order valence-corrected chi connectivity index (χ3v) is 6.74. The summed E-state index contributed by atoms with van der Waals surface area (Å²) in [5, 5.41) is 2.07. The van der Waals surface area contributed by atoms with Gasteiger partial charge in [-0.1, -0.05) is 6.07 Å². The number of carbonyl (C=O) groups excluding carboxylic acids is 1. The van der Waals surface area contributed by atoms with Gasteiger partial charge < -0.3 is 14.8 Å². The van der Waals surface area contributed by atoms with Crippen molar-refractivity contribution in [2.75, 3.05) is 6.79 Å². The number of benzene rings is 1. The number of fused-ring (bicyclic) bond motifs is 1. The van der Waals surface area contributed by atoms with Crippen LogP contribution in [0.15, 0.2) is 18.2 Å². The maximum absolute atomic E-state index is 12.6. The smallest absolute Gasteiger partial charge is 0.238 e. The molecule has 144 valence electrons. The molecule has 1 fully saturated rings. The number of sulfonamides is 1. The summed E-state index contributed by atoms with van der Waals surface area (Å²) in [6.07, 6.45) is 0. The second-order valence-electron chi connectivity index (χ2n) is 6.62. The molecule has 0 spiro atoms. The predicted octanol–water partition coefficient (Wildman–Crippen LogP) is -0.407. The summed E-state index contributed by atoms with van der Waals surface area (Å²) in [7, 11) is -3.67. The average molecular weight is 384 g/mol. The van der Waals surface area contributed by atoms with E-state index in [1.54, 1.807) is 26.0 Å². The van der Waals surface area contributed by atoms with E-state index >= 15 is 0 Å². The van der Waals surface area contributed by atoms with Crippen LogP contribution in [-0.2, 0) is 21.4 Å². The molecule has 1 saturated heterocycles. The summed E-state index contributed by atoms with van der Waals surface area (Å²) in [5.74, 6) is 0.906. The first-order valence-electron chi connectivity index (χ1n) is 8.46. The van der Waals surface area contributed by atoms with Crippen LogP contribution in [0.3, 0.4) is 0 Å². The number of amides is 1. The highest BCUT2D eigenvalue weighted by Crippen LogP contribution is 2.32. The van der Waals surface area contributed by atoms with E-state index in [4.69, 9.17) is 9.47 Å². The van der Waals surface area contributed by atoms with Crippen LogP contribution < -0.4 is 30.4 Å². The van der Waals surface area contributed by atoms with E-state index in [9.17, 15) is 13.2 Å². The molecule has 3 rings (SSSR count). The second kappa shape index (κ2) is 7.39. The van der Waals surface area contributed by atoms with Crippen LogP contribution in [0.1, 0.15) is 26.3 Å². The largest absolute Gasteiger partial charge is 0.454 e. The summed E-state index contributed by atoms with van der Waals surface area (Å²) in [4.78, 5) is 12.3. The summed E-state index contributed by atoms with van der Waals surface area (Å²) in [6.45, 7) is 5.54. The molecule has 0 aromatic heterocycles. The van der Waals surface area contributed by atoms with E-state index in [0.29, 0.717) is 11.5 Å². The van der Waals surface area contributed by atoms with Gasteiger partial charge in [-0.3, -0.25) is 15.6 Å². The first-order chi connectivity index (χ1) is 12.3. The van der Waals surface area contributed by atoms with E-state index in [1.807, 2.05) is 6.07 Å². The van der Waals surface area contributed by atoms with Gasteiger partial charge in [-0.2, -0.15) is 0 Å². The highest BCUT2D eigenvalue weighted by atomic mass is 32.2. The van der Waals surface area contributed by atoms with Gasteiger partial charge in [0.05, 0.1) is 6.04 Å². The minimum absolute atomic E-state index is 0.186. The van der Waals surface area contributed by atoms with Gasteiger partial charge in [0.1, 0.15) is 5.25 Å². The van der Waals surface area contributed by atoms with Gasteiger partial charge in [0, 0.05) is 18.6 Å². The standard InChI is InChI=1S/C16H24N4O5S/c1-9-15(10(2)19-18-9)26(22,23)20-11(3)16(21)17-7-12-4-5-13-14(6-12)25-8-24-13/h4-6,9-11,15,18-20H,7-8H2,1-3H3,(H,17,21)/t9?,10?,11-,15?/m1/s1. The lowest BCUT2D eigenvalue weighted by Crippen LogP contribution is -2.51. The van der Waals surface area contributed by atoms with Crippen molar-refractivity contribution >= 4 is 15.9 Å². The Morgan fingerprint density at radius 3 is 2.58 bits per heavy atom. The van der Waals surface area contributed by atoms with Gasteiger partial charge in [-0.25, -0.2) is 13.1 Å². The monoisotopic (exact) mass is 384 g/mol. The average Bonchev–Trinajstić information content (AvgIpc) is 3.17. The molecule has 0 aliphatic carbocycles. The van der Waals surface area contributed by atoms with Gasteiger partial charge in [0.25, 0.3) is 0 Å². The highest BCUT2D eigenvalue weighted by Gasteiger charge is 2.41. The van der Waals surface area contributed by atoms with Crippen molar-refractivity contribution in [3.8, 4) is 11.5 Å². The zero-order chi connectivity index (χ0) is 18.9. The van der Waals surface area contributed by atoms with Crippen LogP contribution in [-0.4, -0.2) is 44.5 Å². The molecule has 2 unspecified atom stereocenters. The van der Waals surface area contributed by atoms with Crippen molar-refractivity contribution < 1.29 is 22.7 Å². The molecule has 10 heteroatoms. The summed E-state index contributed by atoms with van der Waals surface area (Å²) < 4.78 is 38.1. The van der Waals surface area contributed by atoms with Crippen LogP contribution in [0, 0.1) is 0 Å². The lowest BCUT2D eigenvalue weighted by Gasteiger charge is -2.22. The van der Waals surface area contributed by atoms with E-state index in [0.717, 1.165) is 5.56 Å². The Bertz CT molecular complexity index is 775. The topological polar surface area (TPSA) is 118 Å². The third-order valence-electron chi connectivity index (χ3n) is 4.52. The zero-order valence-electron chi connectivity index (χ0n) is 14.9. The molecule has 3 atom stereocenters. The van der Waals surface area contributed by atoms with E-state index in [-0.39, 0.29) is 25.4 Å². The van der Waals surface area contributed by atoms with Gasteiger partial charge in [-0.15, -0.1) is 0 Å². The fourth-order valence-electron chi connectivity index (χ4n) is 3.17. The lowest BCUT2D eigenvalue weighted by molar-refractivity contribution is -0.122. The van der Waals surface area contributed by atoms with Gasteiger partial charge >= 0.3 is 0 Å². The molecule has 2 heterocycles. The molecular weight excluding hydrogens is 360 g/mol. The first kappa shape index (κ1) is 18.9. The van der Waals surface area contributed by atoms with Crippen LogP contribution in [0.5, 0.6) is 11.5 Å². The van der Waals surface area contributed by atoms with E-state index < -0.39 is 27.2 Å². The molecule has 9 nitrogen and oxygen atoms in total. The molecule has 4 N–H and O–H groups in total. The number of carbonyl (C=O) groups is 1. The molecule has 1 aromatic rings. The van der Waals surface area contributed by atoms with Gasteiger partial charge in [0.15, 0.2) is 11.5 Å². The number of hydrogen-bond acceptors (Lipinski definition) is 7. The Kier molecular flexibility index (Phi) is 5.37. The quantitative estimate of drug-likeness (QED) is 0.527. The summed E-state index contributed by atoms with van der Waals surface area (Å²) in [5.41, 5.74) is 6.64. The third kappa shape index (κ3) is 3.93. The van der Waals surface area contributed by atoms with Gasteiger partial charge in [-0.05, 0) is 38.5 Å². The van der Waals surface area contributed by atoms with Crippen molar-refractivity contribution in [2.45, 2.75) is 50.7 Å². The lowest BCUT2D eigenvalue weighted by atomic mass is 10.2. The van der Waals surface area contributed by atoms with Crippen molar-refractivity contribution in [3.05, 3.63) is 23.8 Å². The number of hydrogen-bond donors (Lipinski definition) is 4. The molecule has 26 heavy (non-hydrogen) atoms. The van der Waals surface area contributed by atoms with Crippen molar-refractivity contribution in [1.29, 1.82) is 0 Å². The van der Waals surface area contributed by atoms with Crippen LogP contribution in [0.2, 0.25) is 0 Å². The SMILES string of the molecule is CC1NNC(C)C1S(=O)(=O)N[C@H](C)C(=O)NCc1ccc2c(c1)OCO2. The second-order valence-corrected chi connectivity index (χ2v) is 8.49. The predicted molar refractivity (Wildman–Crippen MR) is 94.9 cm³/mol. The van der Waals surface area contributed by atoms with Crippen LogP contribution in [0.25, 0.3) is 0 Å². The fourth-order valence-corrected chi connectivity index (χ4v) is 5.14. The number of hydrazine groups is 1. The maximum atomic E-state index is 12.6. The Hall–Kier alpha value is -1.88. The molecule has 0 saturated carbocycles. The molecule has 0 radical (unpaired) electrons. The number of nitrogens with one attached hydrogen (secondary N) is 4. The van der Waals surface area contributed by atoms with Crippen molar-refractivity contribution in [3.63, 3.8) is 0 Å². The van der Waals surface area contributed by atoms with Crippen molar-refractivity contribution in [2.24, 2.45) is 0 Å². The molecule has 1 aromatic carbocycles. The zero-order valence-corrected chi connectivity index (χ0v) is 15.7. The van der Waals surface area contributed by atoms with E-state index in [1.165, 1.54) is 6.92 Å². The minimum Gasteiger partial charge on any atom is -0.454 e. The van der Waals surface area contributed by atoms with E-state index in [2.05, 4.69) is 20.9 Å². The molecule has 0 bridgehead atoms. The van der Waals surface area contributed by atoms with Crippen molar-refractivity contribution in [1.82, 2.24) is 20.9 Å². The molecule has 2 aliphatic rings. The molecule has 2 aliphatic heterocycles. The Balaban J connectivity index is 1.56. The highest BCUT2D eigenvalue weighted by molar-refractivity contribution is 7.90. The summed E-state index contributed by atoms with van der Waals surface area (Å²) >= 11 is 0. The normalized spacial score (nSPS) is 25.9.